The van der Waals surface area contributed by atoms with Crippen molar-refractivity contribution in [2.24, 2.45) is 0 Å². The molecule has 0 aliphatic heterocycles. The van der Waals surface area contributed by atoms with Gasteiger partial charge in [0.25, 0.3) is 5.56 Å². The number of hydrogen-bond donors (Lipinski definition) is 1. The van der Waals surface area contributed by atoms with Gasteiger partial charge in [0.15, 0.2) is 0 Å². The molecule has 0 saturated heterocycles. The maximum Gasteiger partial charge on any atom is 0.331 e. The fraction of sp³-hybridized carbons (Fsp3) is 0.294. The summed E-state index contributed by atoms with van der Waals surface area (Å²) in [6.07, 6.45) is 1.21. The van der Waals surface area contributed by atoms with Gasteiger partial charge >= 0.3 is 5.69 Å². The minimum absolute atomic E-state index is 0.164. The molecule has 124 valence electrons. The summed E-state index contributed by atoms with van der Waals surface area (Å²) in [5.74, 6) is -0.465. The fourth-order valence-electron chi connectivity index (χ4n) is 2.20. The van der Waals surface area contributed by atoms with Crippen molar-refractivity contribution in [1.29, 1.82) is 5.26 Å². The highest BCUT2D eigenvalue weighted by Crippen LogP contribution is 2.02. The molecule has 0 unspecified atom stereocenters. The first kappa shape index (κ1) is 17.2. The maximum atomic E-state index is 12.2. The summed E-state index contributed by atoms with van der Waals surface area (Å²) >= 11 is 0. The zero-order valence-electron chi connectivity index (χ0n) is 13.6. The number of aryl methyl sites for hydroxylation is 2. The van der Waals surface area contributed by atoms with E-state index in [2.05, 4.69) is 5.32 Å². The lowest BCUT2D eigenvalue weighted by molar-refractivity contribution is -0.121. The van der Waals surface area contributed by atoms with Gasteiger partial charge < -0.3 is 5.32 Å². The minimum atomic E-state index is -0.752. The molecule has 0 atom stereocenters. The molecular formula is C17H18N4O3. The van der Waals surface area contributed by atoms with E-state index in [0.717, 1.165) is 15.7 Å². The third-order valence-corrected chi connectivity index (χ3v) is 3.61. The van der Waals surface area contributed by atoms with Gasteiger partial charge in [-0.1, -0.05) is 29.8 Å². The highest BCUT2D eigenvalue weighted by Gasteiger charge is 2.13. The molecule has 1 N–H and O–H groups in total. The van der Waals surface area contributed by atoms with Crippen molar-refractivity contribution in [1.82, 2.24) is 14.5 Å². The van der Waals surface area contributed by atoms with Crippen LogP contribution in [-0.4, -0.2) is 15.0 Å². The molecule has 1 aromatic heterocycles. The molecule has 2 rings (SSSR count). The number of rotatable bonds is 5. The van der Waals surface area contributed by atoms with Gasteiger partial charge in [0.2, 0.25) is 5.91 Å². The second kappa shape index (κ2) is 7.42. The van der Waals surface area contributed by atoms with Gasteiger partial charge in [-0.05, 0) is 19.4 Å². The van der Waals surface area contributed by atoms with Crippen LogP contribution in [0.3, 0.4) is 0 Å². The van der Waals surface area contributed by atoms with Gasteiger partial charge in [-0.2, -0.15) is 5.26 Å². The molecule has 1 heterocycles. The Kier molecular flexibility index (Phi) is 5.32. The number of amides is 1. The van der Waals surface area contributed by atoms with E-state index in [4.69, 9.17) is 5.26 Å². The zero-order chi connectivity index (χ0) is 17.7. The highest BCUT2D eigenvalue weighted by atomic mass is 16.2. The first-order chi connectivity index (χ1) is 11.5. The summed E-state index contributed by atoms with van der Waals surface area (Å²) in [6.45, 7) is 3.87. The Balaban J connectivity index is 2.17. The van der Waals surface area contributed by atoms with Crippen LogP contribution in [0.1, 0.15) is 23.6 Å². The predicted molar refractivity (Wildman–Crippen MR) is 88.4 cm³/mol. The number of aromatic nitrogens is 2. The standard InChI is InChI=1S/C17H18N4O3/c1-3-20-10-14(8-18)16(23)21(17(20)24)11-15(22)19-9-13-6-4-12(2)5-7-13/h4-7,10H,3,9,11H2,1-2H3,(H,19,22). The zero-order valence-corrected chi connectivity index (χ0v) is 13.6. The summed E-state index contributed by atoms with van der Waals surface area (Å²) in [7, 11) is 0. The van der Waals surface area contributed by atoms with Gasteiger partial charge in [0.1, 0.15) is 18.2 Å². The SMILES string of the molecule is CCn1cc(C#N)c(=O)n(CC(=O)NCc2ccc(C)cc2)c1=O. The third kappa shape index (κ3) is 3.79. The van der Waals surface area contributed by atoms with Crippen molar-refractivity contribution in [2.75, 3.05) is 0 Å². The third-order valence-electron chi connectivity index (χ3n) is 3.61. The lowest BCUT2D eigenvalue weighted by Gasteiger charge is -2.10. The number of nitrogens with zero attached hydrogens (tertiary/aromatic N) is 3. The Labute approximate surface area is 138 Å². The molecule has 0 fully saturated rings. The smallest absolute Gasteiger partial charge is 0.331 e. The van der Waals surface area contributed by atoms with Crippen molar-refractivity contribution in [3.05, 3.63) is 68.0 Å². The van der Waals surface area contributed by atoms with Crippen LogP contribution in [0, 0.1) is 18.3 Å². The quantitative estimate of drug-likeness (QED) is 0.866. The van der Waals surface area contributed by atoms with Crippen LogP contribution in [0.5, 0.6) is 0 Å². The first-order valence-electron chi connectivity index (χ1n) is 7.53. The molecule has 7 heteroatoms. The van der Waals surface area contributed by atoms with E-state index in [1.807, 2.05) is 31.2 Å². The van der Waals surface area contributed by atoms with Crippen LogP contribution in [0.4, 0.5) is 0 Å². The average Bonchev–Trinajstić information content (AvgIpc) is 2.58. The van der Waals surface area contributed by atoms with Crippen molar-refractivity contribution >= 4 is 5.91 Å². The lowest BCUT2D eigenvalue weighted by atomic mass is 10.1. The summed E-state index contributed by atoms with van der Waals surface area (Å²) in [6, 6.07) is 9.40. The number of hydrogen-bond acceptors (Lipinski definition) is 4. The molecule has 24 heavy (non-hydrogen) atoms. The van der Waals surface area contributed by atoms with Gasteiger partial charge in [-0.3, -0.25) is 14.2 Å². The second-order valence-corrected chi connectivity index (χ2v) is 5.38. The Morgan fingerprint density at radius 2 is 1.92 bits per heavy atom. The first-order valence-corrected chi connectivity index (χ1v) is 7.53. The average molecular weight is 326 g/mol. The largest absolute Gasteiger partial charge is 0.350 e. The molecule has 0 spiro atoms. The summed E-state index contributed by atoms with van der Waals surface area (Å²) in [5, 5.41) is 11.6. The van der Waals surface area contributed by atoms with E-state index in [1.54, 1.807) is 13.0 Å². The Bertz CT molecular complexity index is 901. The van der Waals surface area contributed by atoms with E-state index < -0.39 is 23.7 Å². The minimum Gasteiger partial charge on any atom is -0.350 e. The van der Waals surface area contributed by atoms with Gasteiger partial charge in [-0.25, -0.2) is 9.36 Å². The molecule has 1 amide bonds. The molecule has 0 aliphatic rings. The number of nitriles is 1. The van der Waals surface area contributed by atoms with Crippen molar-refractivity contribution in [3.63, 3.8) is 0 Å². The number of benzene rings is 1. The summed E-state index contributed by atoms with van der Waals surface area (Å²) in [4.78, 5) is 36.3. The van der Waals surface area contributed by atoms with Crippen molar-refractivity contribution in [2.45, 2.75) is 33.5 Å². The molecule has 0 aliphatic carbocycles. The summed E-state index contributed by atoms with van der Waals surface area (Å²) < 4.78 is 2.01. The van der Waals surface area contributed by atoms with Crippen LogP contribution >= 0.6 is 0 Å². The molecule has 0 radical (unpaired) electrons. The lowest BCUT2D eigenvalue weighted by Crippen LogP contribution is -2.44. The van der Waals surface area contributed by atoms with E-state index in [9.17, 15) is 14.4 Å². The number of carbonyl (C=O) groups is 1. The molecule has 0 saturated carbocycles. The van der Waals surface area contributed by atoms with Crippen LogP contribution < -0.4 is 16.6 Å². The molecule has 0 bridgehead atoms. The van der Waals surface area contributed by atoms with Gasteiger partial charge in [-0.15, -0.1) is 0 Å². The van der Waals surface area contributed by atoms with E-state index >= 15 is 0 Å². The predicted octanol–water partition coefficient (Wildman–Crippen LogP) is 0.526. The molecule has 7 nitrogen and oxygen atoms in total. The van der Waals surface area contributed by atoms with E-state index in [-0.39, 0.29) is 5.56 Å². The highest BCUT2D eigenvalue weighted by molar-refractivity contribution is 5.75. The van der Waals surface area contributed by atoms with Crippen molar-refractivity contribution in [3.8, 4) is 6.07 Å². The second-order valence-electron chi connectivity index (χ2n) is 5.38. The monoisotopic (exact) mass is 326 g/mol. The number of carbonyl (C=O) groups excluding carboxylic acids is 1. The Morgan fingerprint density at radius 1 is 1.25 bits per heavy atom. The molecule has 1 aromatic carbocycles. The van der Waals surface area contributed by atoms with Crippen molar-refractivity contribution < 1.29 is 4.79 Å². The van der Waals surface area contributed by atoms with E-state index in [0.29, 0.717) is 13.1 Å². The Morgan fingerprint density at radius 3 is 2.50 bits per heavy atom. The van der Waals surface area contributed by atoms with Gasteiger partial charge in [0, 0.05) is 19.3 Å². The maximum absolute atomic E-state index is 12.2. The Hall–Kier alpha value is -3.14. The summed E-state index contributed by atoms with van der Waals surface area (Å²) in [5.41, 5.74) is 0.510. The van der Waals surface area contributed by atoms with E-state index in [1.165, 1.54) is 10.8 Å². The number of nitrogens with one attached hydrogen (secondary N) is 1. The van der Waals surface area contributed by atoms with Crippen LogP contribution in [0.2, 0.25) is 0 Å². The normalized spacial score (nSPS) is 10.2. The van der Waals surface area contributed by atoms with Crippen LogP contribution in [-0.2, 0) is 24.4 Å². The van der Waals surface area contributed by atoms with Crippen LogP contribution in [0.15, 0.2) is 40.1 Å². The van der Waals surface area contributed by atoms with Crippen LogP contribution in [0.25, 0.3) is 0 Å². The molecular weight excluding hydrogens is 308 g/mol. The van der Waals surface area contributed by atoms with Gasteiger partial charge in [0.05, 0.1) is 0 Å². The molecule has 2 aromatic rings. The topological polar surface area (TPSA) is 96.9 Å². The fourth-order valence-corrected chi connectivity index (χ4v) is 2.20.